The van der Waals surface area contributed by atoms with Crippen molar-refractivity contribution in [1.82, 2.24) is 14.6 Å². The number of pyridine rings is 1. The molecule has 0 saturated carbocycles. The lowest BCUT2D eigenvalue weighted by Crippen LogP contribution is -2.06. The van der Waals surface area contributed by atoms with Crippen molar-refractivity contribution >= 4 is 11.6 Å². The molecule has 0 bridgehead atoms. The monoisotopic (exact) mass is 283 g/mol. The first-order valence-corrected chi connectivity index (χ1v) is 6.41. The van der Waals surface area contributed by atoms with E-state index in [1.807, 2.05) is 31.2 Å². The van der Waals surface area contributed by atoms with Gasteiger partial charge in [0.05, 0.1) is 0 Å². The van der Waals surface area contributed by atoms with Crippen LogP contribution in [0.2, 0.25) is 0 Å². The Morgan fingerprint density at radius 1 is 1.24 bits per heavy atom. The lowest BCUT2D eigenvalue weighted by atomic mass is 10.2. The van der Waals surface area contributed by atoms with Gasteiger partial charge in [0.15, 0.2) is 17.2 Å². The summed E-state index contributed by atoms with van der Waals surface area (Å²) >= 11 is 0. The molecule has 0 radical (unpaired) electrons. The number of carboxylic acids is 1. The molecule has 106 valence electrons. The van der Waals surface area contributed by atoms with Gasteiger partial charge in [0, 0.05) is 0 Å². The number of hydrogen-bond donors (Lipinski definition) is 1. The van der Waals surface area contributed by atoms with Crippen molar-refractivity contribution in [1.29, 1.82) is 0 Å². The summed E-state index contributed by atoms with van der Waals surface area (Å²) in [7, 11) is 0. The Hall–Kier alpha value is -2.89. The first-order valence-electron chi connectivity index (χ1n) is 6.41. The van der Waals surface area contributed by atoms with Crippen LogP contribution in [0.1, 0.15) is 21.9 Å². The number of aromatic nitrogens is 3. The van der Waals surface area contributed by atoms with Crippen molar-refractivity contribution in [2.75, 3.05) is 0 Å². The van der Waals surface area contributed by atoms with E-state index in [1.54, 1.807) is 12.1 Å². The summed E-state index contributed by atoms with van der Waals surface area (Å²) in [6, 6.07) is 12.5. The average Bonchev–Trinajstić information content (AvgIpc) is 2.88. The standard InChI is InChI=1S/C15H13N3O3/c1-10-5-2-3-7-12(10)21-9-13-16-14-8-4-6-11(15(19)20)18(14)17-13/h2-8H,9H2,1H3,(H,19,20). The predicted octanol–water partition coefficient (Wildman–Crippen LogP) is 2.31. The van der Waals surface area contributed by atoms with Crippen LogP contribution in [0.3, 0.4) is 0 Å². The van der Waals surface area contributed by atoms with E-state index in [1.165, 1.54) is 10.6 Å². The number of aryl methyl sites for hydroxylation is 1. The van der Waals surface area contributed by atoms with E-state index in [4.69, 9.17) is 9.84 Å². The molecule has 1 aromatic carbocycles. The Morgan fingerprint density at radius 3 is 2.81 bits per heavy atom. The minimum Gasteiger partial charge on any atom is -0.485 e. The molecule has 3 aromatic rings. The molecular weight excluding hydrogens is 270 g/mol. The summed E-state index contributed by atoms with van der Waals surface area (Å²) in [5, 5.41) is 13.3. The van der Waals surface area contributed by atoms with Gasteiger partial charge in [0.2, 0.25) is 0 Å². The molecule has 0 aliphatic carbocycles. The van der Waals surface area contributed by atoms with Gasteiger partial charge in [-0.3, -0.25) is 0 Å². The van der Waals surface area contributed by atoms with E-state index >= 15 is 0 Å². The second-order valence-corrected chi connectivity index (χ2v) is 4.57. The normalized spacial score (nSPS) is 10.7. The van der Waals surface area contributed by atoms with Crippen LogP contribution in [0.15, 0.2) is 42.5 Å². The van der Waals surface area contributed by atoms with Crippen LogP contribution in [0, 0.1) is 6.92 Å². The molecule has 2 heterocycles. The first kappa shape index (κ1) is 13.1. The number of fused-ring (bicyclic) bond motifs is 1. The van der Waals surface area contributed by atoms with Gasteiger partial charge in [-0.1, -0.05) is 24.3 Å². The van der Waals surface area contributed by atoms with E-state index < -0.39 is 5.97 Å². The number of hydrogen-bond acceptors (Lipinski definition) is 4. The lowest BCUT2D eigenvalue weighted by molar-refractivity contribution is 0.0687. The zero-order chi connectivity index (χ0) is 14.8. The molecule has 0 atom stereocenters. The molecule has 0 saturated heterocycles. The third-order valence-corrected chi connectivity index (χ3v) is 3.07. The summed E-state index contributed by atoms with van der Waals surface area (Å²) in [6.45, 7) is 2.14. The van der Waals surface area contributed by atoms with Gasteiger partial charge in [0.1, 0.15) is 12.4 Å². The highest BCUT2D eigenvalue weighted by molar-refractivity contribution is 5.86. The third-order valence-electron chi connectivity index (χ3n) is 3.07. The highest BCUT2D eigenvalue weighted by Crippen LogP contribution is 2.17. The minimum atomic E-state index is -1.04. The second-order valence-electron chi connectivity index (χ2n) is 4.57. The Morgan fingerprint density at radius 2 is 2.05 bits per heavy atom. The van der Waals surface area contributed by atoms with Crippen molar-refractivity contribution in [2.45, 2.75) is 13.5 Å². The molecule has 6 nitrogen and oxygen atoms in total. The van der Waals surface area contributed by atoms with Gasteiger partial charge in [-0.25, -0.2) is 14.3 Å². The van der Waals surface area contributed by atoms with E-state index in [2.05, 4.69) is 10.1 Å². The maximum absolute atomic E-state index is 11.1. The number of carboxylic acid groups (broad SMARTS) is 1. The summed E-state index contributed by atoms with van der Waals surface area (Å²) in [5.74, 6) is 0.152. The van der Waals surface area contributed by atoms with Gasteiger partial charge >= 0.3 is 5.97 Å². The highest BCUT2D eigenvalue weighted by Gasteiger charge is 2.12. The van der Waals surface area contributed by atoms with Gasteiger partial charge in [-0.05, 0) is 30.7 Å². The van der Waals surface area contributed by atoms with Crippen LogP contribution < -0.4 is 4.74 Å². The Balaban J connectivity index is 1.87. The molecule has 0 amide bonds. The van der Waals surface area contributed by atoms with Crippen LogP contribution in [0.4, 0.5) is 0 Å². The van der Waals surface area contributed by atoms with E-state index in [0.29, 0.717) is 11.5 Å². The Labute approximate surface area is 120 Å². The summed E-state index contributed by atoms with van der Waals surface area (Å²) in [5.41, 5.74) is 1.58. The first-order chi connectivity index (χ1) is 10.1. The SMILES string of the molecule is Cc1ccccc1OCc1nc2cccc(C(=O)O)n2n1. The number of rotatable bonds is 4. The van der Waals surface area contributed by atoms with Crippen LogP contribution in [0.25, 0.3) is 5.65 Å². The van der Waals surface area contributed by atoms with Crippen molar-refractivity contribution in [2.24, 2.45) is 0 Å². The van der Waals surface area contributed by atoms with Crippen molar-refractivity contribution in [3.05, 3.63) is 59.5 Å². The summed E-state index contributed by atoms with van der Waals surface area (Å²) in [4.78, 5) is 15.4. The lowest BCUT2D eigenvalue weighted by Gasteiger charge is -2.05. The number of para-hydroxylation sites is 1. The van der Waals surface area contributed by atoms with E-state index in [0.717, 1.165) is 11.3 Å². The molecule has 0 unspecified atom stereocenters. The quantitative estimate of drug-likeness (QED) is 0.795. The van der Waals surface area contributed by atoms with Crippen molar-refractivity contribution < 1.29 is 14.6 Å². The molecule has 0 aliphatic heterocycles. The molecule has 6 heteroatoms. The third kappa shape index (κ3) is 2.55. The average molecular weight is 283 g/mol. The number of ether oxygens (including phenoxy) is 1. The largest absolute Gasteiger partial charge is 0.485 e. The maximum Gasteiger partial charge on any atom is 0.354 e. The minimum absolute atomic E-state index is 0.0714. The fourth-order valence-corrected chi connectivity index (χ4v) is 2.03. The zero-order valence-corrected chi connectivity index (χ0v) is 11.4. The Bertz CT molecular complexity index is 811. The van der Waals surface area contributed by atoms with E-state index in [-0.39, 0.29) is 12.3 Å². The number of nitrogens with zero attached hydrogens (tertiary/aromatic N) is 3. The fraction of sp³-hybridized carbons (Fsp3) is 0.133. The topological polar surface area (TPSA) is 76.7 Å². The van der Waals surface area contributed by atoms with Crippen molar-refractivity contribution in [3.63, 3.8) is 0 Å². The number of benzene rings is 1. The molecule has 21 heavy (non-hydrogen) atoms. The highest BCUT2D eigenvalue weighted by atomic mass is 16.5. The molecule has 0 spiro atoms. The molecule has 1 N–H and O–H groups in total. The predicted molar refractivity (Wildman–Crippen MR) is 75.5 cm³/mol. The maximum atomic E-state index is 11.1. The second kappa shape index (κ2) is 5.24. The Kier molecular flexibility index (Phi) is 3.27. The van der Waals surface area contributed by atoms with Gasteiger partial charge in [-0.2, -0.15) is 0 Å². The number of carbonyl (C=O) groups is 1. The molecule has 0 aliphatic rings. The number of aromatic carboxylic acids is 1. The fourth-order valence-electron chi connectivity index (χ4n) is 2.03. The summed E-state index contributed by atoms with van der Waals surface area (Å²) in [6.07, 6.45) is 0. The smallest absolute Gasteiger partial charge is 0.354 e. The zero-order valence-electron chi connectivity index (χ0n) is 11.4. The van der Waals surface area contributed by atoms with Crippen molar-refractivity contribution in [3.8, 4) is 5.75 Å². The molecule has 0 fully saturated rings. The van der Waals surface area contributed by atoms with Gasteiger partial charge in [-0.15, -0.1) is 5.10 Å². The summed E-state index contributed by atoms with van der Waals surface area (Å²) < 4.78 is 6.97. The van der Waals surface area contributed by atoms with Crippen LogP contribution in [-0.2, 0) is 6.61 Å². The van der Waals surface area contributed by atoms with E-state index in [9.17, 15) is 4.79 Å². The molecule has 3 rings (SSSR count). The van der Waals surface area contributed by atoms with Crippen LogP contribution >= 0.6 is 0 Å². The van der Waals surface area contributed by atoms with Gasteiger partial charge in [0.25, 0.3) is 0 Å². The molecular formula is C15H13N3O3. The molecule has 2 aromatic heterocycles. The van der Waals surface area contributed by atoms with Crippen LogP contribution in [0.5, 0.6) is 5.75 Å². The van der Waals surface area contributed by atoms with Gasteiger partial charge < -0.3 is 9.84 Å². The van der Waals surface area contributed by atoms with Crippen LogP contribution in [-0.4, -0.2) is 25.7 Å².